The van der Waals surface area contributed by atoms with Crippen molar-refractivity contribution in [3.63, 3.8) is 0 Å². The van der Waals surface area contributed by atoms with Crippen LogP contribution >= 0.6 is 11.6 Å². The van der Waals surface area contributed by atoms with Crippen LogP contribution in [0.5, 0.6) is 11.5 Å². The Labute approximate surface area is 173 Å². The van der Waals surface area contributed by atoms with Crippen molar-refractivity contribution in [2.24, 2.45) is 0 Å². The van der Waals surface area contributed by atoms with Gasteiger partial charge in [-0.25, -0.2) is 0 Å². The van der Waals surface area contributed by atoms with Crippen molar-refractivity contribution in [1.29, 1.82) is 0 Å². The second-order valence-electron chi connectivity index (χ2n) is 6.32. The third kappa shape index (κ3) is 4.46. The highest BCUT2D eigenvalue weighted by atomic mass is 35.5. The highest BCUT2D eigenvalue weighted by Crippen LogP contribution is 2.43. The SMILES string of the molecule is CCOC(=O)C[C@H]1O[C@H](c2cccc(OC)c2OC)c2cc(Cl)ccc2NC1=O. The van der Waals surface area contributed by atoms with E-state index in [0.29, 0.717) is 33.3 Å². The van der Waals surface area contributed by atoms with Crippen molar-refractivity contribution in [1.82, 2.24) is 0 Å². The maximum Gasteiger partial charge on any atom is 0.308 e. The Balaban J connectivity index is 2.10. The molecule has 1 heterocycles. The van der Waals surface area contributed by atoms with Crippen molar-refractivity contribution in [3.05, 3.63) is 52.5 Å². The van der Waals surface area contributed by atoms with Gasteiger partial charge in [0.15, 0.2) is 11.5 Å². The molecule has 0 aliphatic carbocycles. The summed E-state index contributed by atoms with van der Waals surface area (Å²) in [4.78, 5) is 24.7. The Kier molecular flexibility index (Phi) is 6.61. The van der Waals surface area contributed by atoms with Gasteiger partial charge in [0, 0.05) is 21.8 Å². The van der Waals surface area contributed by atoms with E-state index in [0.717, 1.165) is 0 Å². The number of carbonyl (C=O) groups excluding carboxylic acids is 2. The highest BCUT2D eigenvalue weighted by molar-refractivity contribution is 6.30. The average Bonchev–Trinajstić information content (AvgIpc) is 2.84. The maximum atomic E-state index is 12.7. The minimum Gasteiger partial charge on any atom is -0.493 e. The summed E-state index contributed by atoms with van der Waals surface area (Å²) >= 11 is 6.21. The van der Waals surface area contributed by atoms with Gasteiger partial charge in [0.2, 0.25) is 0 Å². The quantitative estimate of drug-likeness (QED) is 0.718. The van der Waals surface area contributed by atoms with Crippen molar-refractivity contribution in [2.45, 2.75) is 25.6 Å². The molecular weight excluding hydrogens is 398 g/mol. The van der Waals surface area contributed by atoms with Gasteiger partial charge in [0.1, 0.15) is 12.2 Å². The molecule has 0 bridgehead atoms. The first-order chi connectivity index (χ1) is 14.0. The molecule has 0 saturated carbocycles. The molecule has 7 nitrogen and oxygen atoms in total. The molecular formula is C21H22ClNO6. The van der Waals surface area contributed by atoms with Crippen LogP contribution in [0.1, 0.15) is 30.6 Å². The van der Waals surface area contributed by atoms with Crippen molar-refractivity contribution >= 4 is 29.2 Å². The number of para-hydroxylation sites is 1. The van der Waals surface area contributed by atoms with E-state index in [4.69, 9.17) is 30.5 Å². The first kappa shape index (κ1) is 21.0. The van der Waals surface area contributed by atoms with Crippen LogP contribution in [0.15, 0.2) is 36.4 Å². The van der Waals surface area contributed by atoms with Crippen LogP contribution in [0.2, 0.25) is 5.02 Å². The molecule has 29 heavy (non-hydrogen) atoms. The largest absolute Gasteiger partial charge is 0.493 e. The summed E-state index contributed by atoms with van der Waals surface area (Å²) in [5, 5.41) is 3.29. The number of benzene rings is 2. The lowest BCUT2D eigenvalue weighted by atomic mass is 9.98. The number of hydrogen-bond donors (Lipinski definition) is 1. The average molecular weight is 420 g/mol. The van der Waals surface area contributed by atoms with E-state index >= 15 is 0 Å². The fourth-order valence-corrected chi connectivity index (χ4v) is 3.43. The number of hydrogen-bond acceptors (Lipinski definition) is 6. The summed E-state index contributed by atoms with van der Waals surface area (Å²) in [5.74, 6) is 0.0248. The van der Waals surface area contributed by atoms with Crippen molar-refractivity contribution < 1.29 is 28.5 Å². The van der Waals surface area contributed by atoms with E-state index in [1.54, 1.807) is 37.3 Å². The maximum absolute atomic E-state index is 12.7. The van der Waals surface area contributed by atoms with E-state index in [9.17, 15) is 9.59 Å². The van der Waals surface area contributed by atoms with E-state index in [-0.39, 0.29) is 13.0 Å². The molecule has 2 atom stereocenters. The molecule has 1 aliphatic rings. The summed E-state index contributed by atoms with van der Waals surface area (Å²) in [5.41, 5.74) is 1.82. The fourth-order valence-electron chi connectivity index (χ4n) is 3.25. The number of esters is 1. The topological polar surface area (TPSA) is 83.1 Å². The Morgan fingerprint density at radius 2 is 1.97 bits per heavy atom. The molecule has 1 amide bonds. The van der Waals surface area contributed by atoms with Gasteiger partial charge in [-0.3, -0.25) is 9.59 Å². The summed E-state index contributed by atoms with van der Waals surface area (Å²) in [6, 6.07) is 10.5. The van der Waals surface area contributed by atoms with E-state index in [1.807, 2.05) is 6.07 Å². The van der Waals surface area contributed by atoms with Crippen LogP contribution in [0, 0.1) is 0 Å². The van der Waals surface area contributed by atoms with Crippen molar-refractivity contribution in [2.75, 3.05) is 26.1 Å². The second kappa shape index (κ2) is 9.15. The lowest BCUT2D eigenvalue weighted by Crippen LogP contribution is -2.32. The van der Waals surface area contributed by atoms with E-state index in [1.165, 1.54) is 14.2 Å². The molecule has 3 rings (SSSR count). The molecule has 154 valence electrons. The summed E-state index contributed by atoms with van der Waals surface area (Å²) in [7, 11) is 3.06. The lowest BCUT2D eigenvalue weighted by molar-refractivity contribution is -0.150. The lowest BCUT2D eigenvalue weighted by Gasteiger charge is -2.24. The fraction of sp³-hybridized carbons (Fsp3) is 0.333. The van der Waals surface area contributed by atoms with Gasteiger partial charge >= 0.3 is 5.97 Å². The number of rotatable bonds is 6. The van der Waals surface area contributed by atoms with Gasteiger partial charge in [-0.1, -0.05) is 23.7 Å². The van der Waals surface area contributed by atoms with Gasteiger partial charge in [0.25, 0.3) is 5.91 Å². The highest BCUT2D eigenvalue weighted by Gasteiger charge is 2.35. The van der Waals surface area contributed by atoms with Crippen LogP contribution in [0.25, 0.3) is 0 Å². The Hall–Kier alpha value is -2.77. The van der Waals surface area contributed by atoms with Gasteiger partial charge in [0.05, 0.1) is 27.2 Å². The van der Waals surface area contributed by atoms with Crippen molar-refractivity contribution in [3.8, 4) is 11.5 Å². The molecule has 8 heteroatoms. The van der Waals surface area contributed by atoms with E-state index in [2.05, 4.69) is 5.32 Å². The van der Waals surface area contributed by atoms with Gasteiger partial charge in [-0.2, -0.15) is 0 Å². The molecule has 0 aromatic heterocycles. The molecule has 2 aromatic rings. The number of anilines is 1. The first-order valence-corrected chi connectivity index (χ1v) is 9.48. The Morgan fingerprint density at radius 3 is 2.66 bits per heavy atom. The molecule has 2 aromatic carbocycles. The number of fused-ring (bicyclic) bond motifs is 1. The van der Waals surface area contributed by atoms with Gasteiger partial charge in [-0.15, -0.1) is 0 Å². The van der Waals surface area contributed by atoms with Gasteiger partial charge < -0.3 is 24.3 Å². The minimum atomic E-state index is -1.05. The molecule has 1 aliphatic heterocycles. The number of ether oxygens (including phenoxy) is 4. The third-order valence-corrected chi connectivity index (χ3v) is 4.76. The molecule has 0 spiro atoms. The van der Waals surface area contributed by atoms with Crippen LogP contribution in [0.4, 0.5) is 5.69 Å². The number of carbonyl (C=O) groups is 2. The second-order valence-corrected chi connectivity index (χ2v) is 6.75. The van der Waals surface area contributed by atoms with E-state index < -0.39 is 24.1 Å². The predicted molar refractivity (Wildman–Crippen MR) is 108 cm³/mol. The zero-order valence-corrected chi connectivity index (χ0v) is 17.1. The first-order valence-electron chi connectivity index (χ1n) is 9.10. The Morgan fingerprint density at radius 1 is 1.17 bits per heavy atom. The third-order valence-electron chi connectivity index (χ3n) is 4.52. The van der Waals surface area contributed by atoms with Crippen LogP contribution in [-0.4, -0.2) is 38.8 Å². The zero-order chi connectivity index (χ0) is 21.0. The minimum absolute atomic E-state index is 0.218. The normalized spacial score (nSPS) is 18.3. The predicted octanol–water partition coefficient (Wildman–Crippen LogP) is 3.74. The molecule has 0 unspecified atom stereocenters. The molecule has 0 radical (unpaired) electrons. The standard InChI is InChI=1S/C21H22ClNO6/c1-4-28-18(24)11-17-21(25)23-15-9-8-12(22)10-14(15)19(29-17)13-6-5-7-16(26-2)20(13)27-3/h5-10,17,19H,4,11H2,1-3H3,(H,23,25)/t17-,19-/m1/s1. The summed E-state index contributed by atoms with van der Waals surface area (Å²) in [6.45, 7) is 1.92. The summed E-state index contributed by atoms with van der Waals surface area (Å²) in [6.07, 6.45) is -2.00. The molecule has 0 fully saturated rings. The van der Waals surface area contributed by atoms with Crippen LogP contribution < -0.4 is 14.8 Å². The molecule has 0 saturated heterocycles. The van der Waals surface area contributed by atoms with Crippen LogP contribution in [-0.2, 0) is 19.1 Å². The zero-order valence-electron chi connectivity index (χ0n) is 16.4. The van der Waals surface area contributed by atoms with Gasteiger partial charge in [-0.05, 0) is 31.2 Å². The molecule has 1 N–H and O–H groups in total. The number of methoxy groups -OCH3 is 2. The summed E-state index contributed by atoms with van der Waals surface area (Å²) < 4.78 is 22.1. The van der Waals surface area contributed by atoms with Crippen LogP contribution in [0.3, 0.4) is 0 Å². The smallest absolute Gasteiger partial charge is 0.308 e. The number of amides is 1. The monoisotopic (exact) mass is 419 g/mol. The number of nitrogens with one attached hydrogen (secondary N) is 1. The Bertz CT molecular complexity index is 916. The number of halogens is 1.